The van der Waals surface area contributed by atoms with Crippen molar-refractivity contribution in [2.45, 2.75) is 47.1 Å². The van der Waals surface area contributed by atoms with E-state index < -0.39 is 6.04 Å². The molecule has 7 nitrogen and oxygen atoms in total. The van der Waals surface area contributed by atoms with Crippen LogP contribution < -0.4 is 16.2 Å². The Balaban J connectivity index is 1.91. The number of benzene rings is 2. The summed E-state index contributed by atoms with van der Waals surface area (Å²) < 4.78 is 1.18. The van der Waals surface area contributed by atoms with Gasteiger partial charge in [-0.3, -0.25) is 14.4 Å². The van der Waals surface area contributed by atoms with Crippen molar-refractivity contribution in [2.75, 3.05) is 10.6 Å². The molecular formula is C25H28N4O3. The molecule has 0 bridgehead atoms. The normalized spacial score (nSPS) is 11.7. The average molecular weight is 433 g/mol. The predicted molar refractivity (Wildman–Crippen MR) is 127 cm³/mol. The highest BCUT2D eigenvalue weighted by atomic mass is 16.2. The molecule has 7 heteroatoms. The van der Waals surface area contributed by atoms with E-state index in [2.05, 4.69) is 15.7 Å². The average Bonchev–Trinajstić information content (AvgIpc) is 2.78. The van der Waals surface area contributed by atoms with Gasteiger partial charge in [-0.1, -0.05) is 31.2 Å². The van der Waals surface area contributed by atoms with E-state index in [4.69, 9.17) is 0 Å². The Labute approximate surface area is 187 Å². The summed E-state index contributed by atoms with van der Waals surface area (Å²) in [6, 6.07) is 13.5. The number of hydrogen-bond donors (Lipinski definition) is 2. The van der Waals surface area contributed by atoms with Crippen LogP contribution in [0.4, 0.5) is 11.4 Å². The first-order valence-electron chi connectivity index (χ1n) is 10.6. The Hall–Kier alpha value is -3.74. The number of hydrogen-bond acceptors (Lipinski definition) is 4. The van der Waals surface area contributed by atoms with E-state index in [1.807, 2.05) is 57.2 Å². The topological polar surface area (TPSA) is 93.1 Å². The number of aryl methyl sites for hydroxylation is 2. The van der Waals surface area contributed by atoms with Crippen LogP contribution in [0.2, 0.25) is 0 Å². The van der Waals surface area contributed by atoms with Gasteiger partial charge in [0, 0.05) is 29.4 Å². The Bertz CT molecular complexity index is 1230. The molecule has 0 fully saturated rings. The number of anilines is 2. The zero-order valence-electron chi connectivity index (χ0n) is 19.0. The molecule has 0 aliphatic rings. The molecule has 166 valence electrons. The highest BCUT2D eigenvalue weighted by Crippen LogP contribution is 2.24. The Kier molecular flexibility index (Phi) is 6.88. The van der Waals surface area contributed by atoms with Crippen LogP contribution in [0.15, 0.2) is 53.3 Å². The van der Waals surface area contributed by atoms with Gasteiger partial charge in [-0.05, 0) is 62.6 Å². The maximum absolute atomic E-state index is 12.9. The second-order valence-electron chi connectivity index (χ2n) is 7.85. The molecule has 2 N–H and O–H groups in total. The lowest BCUT2D eigenvalue weighted by molar-refractivity contribution is -0.119. The van der Waals surface area contributed by atoms with Crippen LogP contribution in [-0.2, 0) is 9.59 Å². The van der Waals surface area contributed by atoms with Gasteiger partial charge in [0.15, 0.2) is 0 Å². The number of amides is 2. The van der Waals surface area contributed by atoms with Gasteiger partial charge in [-0.15, -0.1) is 0 Å². The van der Waals surface area contributed by atoms with Crippen molar-refractivity contribution in [3.63, 3.8) is 0 Å². The van der Waals surface area contributed by atoms with Gasteiger partial charge >= 0.3 is 0 Å². The summed E-state index contributed by atoms with van der Waals surface area (Å²) in [6.07, 6.45) is 0.375. The van der Waals surface area contributed by atoms with Gasteiger partial charge in [0.1, 0.15) is 6.04 Å². The highest BCUT2D eigenvalue weighted by Gasteiger charge is 2.19. The number of carbonyl (C=O) groups excluding carboxylic acids is 2. The van der Waals surface area contributed by atoms with Crippen molar-refractivity contribution in [1.29, 1.82) is 0 Å². The number of rotatable bonds is 6. The third-order valence-corrected chi connectivity index (χ3v) is 5.56. The van der Waals surface area contributed by atoms with Crippen LogP contribution in [0.25, 0.3) is 11.3 Å². The van der Waals surface area contributed by atoms with Gasteiger partial charge in [0.2, 0.25) is 11.8 Å². The van der Waals surface area contributed by atoms with Gasteiger partial charge < -0.3 is 10.6 Å². The SMILES string of the molecule is CCC(=O)Nc1cc(-c2ccc(=O)n([C@H](C)C(=O)Nc3cccc(C)c3C)n2)ccc1C. The van der Waals surface area contributed by atoms with Gasteiger partial charge in [-0.2, -0.15) is 5.10 Å². The molecule has 3 aromatic rings. The third kappa shape index (κ3) is 4.94. The van der Waals surface area contributed by atoms with Crippen LogP contribution in [0, 0.1) is 20.8 Å². The van der Waals surface area contributed by atoms with Gasteiger partial charge in [-0.25, -0.2) is 4.68 Å². The fourth-order valence-corrected chi connectivity index (χ4v) is 3.25. The summed E-state index contributed by atoms with van der Waals surface area (Å²) >= 11 is 0. The summed E-state index contributed by atoms with van der Waals surface area (Å²) in [5, 5.41) is 10.2. The van der Waals surface area contributed by atoms with Crippen LogP contribution in [-0.4, -0.2) is 21.6 Å². The van der Waals surface area contributed by atoms with E-state index in [0.717, 1.165) is 22.3 Å². The summed E-state index contributed by atoms with van der Waals surface area (Å²) in [5.41, 5.74) is 5.26. The van der Waals surface area contributed by atoms with Crippen molar-refractivity contribution in [2.24, 2.45) is 0 Å². The monoisotopic (exact) mass is 432 g/mol. The van der Waals surface area contributed by atoms with Crippen LogP contribution >= 0.6 is 0 Å². The van der Waals surface area contributed by atoms with E-state index >= 15 is 0 Å². The second kappa shape index (κ2) is 9.60. The Morgan fingerprint density at radius 1 is 0.969 bits per heavy atom. The molecule has 32 heavy (non-hydrogen) atoms. The molecule has 1 atom stereocenters. The largest absolute Gasteiger partial charge is 0.326 e. The predicted octanol–water partition coefficient (Wildman–Crippen LogP) is 4.38. The number of carbonyl (C=O) groups is 2. The lowest BCUT2D eigenvalue weighted by Gasteiger charge is -2.17. The minimum absolute atomic E-state index is 0.0834. The quantitative estimate of drug-likeness (QED) is 0.604. The lowest BCUT2D eigenvalue weighted by atomic mass is 10.1. The van der Waals surface area contributed by atoms with Crippen LogP contribution in [0.1, 0.15) is 43.0 Å². The highest BCUT2D eigenvalue weighted by molar-refractivity contribution is 5.94. The first-order chi connectivity index (χ1) is 15.2. The Morgan fingerprint density at radius 2 is 1.72 bits per heavy atom. The standard InChI is InChI=1S/C25H28N4O3/c1-6-23(30)26-22-14-19(11-10-16(22)3)21-12-13-24(31)29(28-21)18(5)25(32)27-20-9-7-8-15(2)17(20)4/h7-14,18H,6H2,1-5H3,(H,26,30)(H,27,32)/t18-/m1/s1. The molecule has 0 aliphatic carbocycles. The fourth-order valence-electron chi connectivity index (χ4n) is 3.25. The van der Waals surface area contributed by atoms with Crippen LogP contribution in [0.3, 0.4) is 0 Å². The molecule has 1 aromatic heterocycles. The van der Waals surface area contributed by atoms with E-state index in [9.17, 15) is 14.4 Å². The summed E-state index contributed by atoms with van der Waals surface area (Å²) in [5.74, 6) is -0.412. The first-order valence-corrected chi connectivity index (χ1v) is 10.6. The van der Waals surface area contributed by atoms with Crippen LogP contribution in [0.5, 0.6) is 0 Å². The van der Waals surface area contributed by atoms with Crippen molar-refractivity contribution in [3.8, 4) is 11.3 Å². The smallest absolute Gasteiger partial charge is 0.267 e. The third-order valence-electron chi connectivity index (χ3n) is 5.56. The van der Waals surface area contributed by atoms with Crippen molar-refractivity contribution in [3.05, 3.63) is 75.6 Å². The molecule has 2 amide bonds. The maximum Gasteiger partial charge on any atom is 0.267 e. The molecule has 0 unspecified atom stereocenters. The van der Waals surface area contributed by atoms with E-state index in [-0.39, 0.29) is 17.4 Å². The molecule has 2 aromatic carbocycles. The molecule has 1 heterocycles. The van der Waals surface area contributed by atoms with Gasteiger partial charge in [0.25, 0.3) is 5.56 Å². The zero-order valence-corrected chi connectivity index (χ0v) is 19.0. The fraction of sp³-hybridized carbons (Fsp3) is 0.280. The number of nitrogens with zero attached hydrogens (tertiary/aromatic N) is 2. The second-order valence-corrected chi connectivity index (χ2v) is 7.85. The first kappa shape index (κ1) is 22.9. The number of nitrogens with one attached hydrogen (secondary N) is 2. The maximum atomic E-state index is 12.9. The molecule has 3 rings (SSSR count). The zero-order chi connectivity index (χ0) is 23.4. The molecule has 0 saturated heterocycles. The molecule has 0 saturated carbocycles. The van der Waals surface area contributed by atoms with Crippen molar-refractivity contribution in [1.82, 2.24) is 9.78 Å². The number of aromatic nitrogens is 2. The molecule has 0 spiro atoms. The molecular weight excluding hydrogens is 404 g/mol. The minimum atomic E-state index is -0.813. The summed E-state index contributed by atoms with van der Waals surface area (Å²) in [6.45, 7) is 9.25. The summed E-state index contributed by atoms with van der Waals surface area (Å²) in [7, 11) is 0. The molecule has 0 aliphatic heterocycles. The molecule has 0 radical (unpaired) electrons. The van der Waals surface area contributed by atoms with Crippen molar-refractivity contribution >= 4 is 23.2 Å². The van der Waals surface area contributed by atoms with Gasteiger partial charge in [0.05, 0.1) is 5.69 Å². The lowest BCUT2D eigenvalue weighted by Crippen LogP contribution is -2.33. The summed E-state index contributed by atoms with van der Waals surface area (Å²) in [4.78, 5) is 37.2. The van der Waals surface area contributed by atoms with E-state index in [1.54, 1.807) is 19.9 Å². The van der Waals surface area contributed by atoms with E-state index in [0.29, 0.717) is 23.5 Å². The Morgan fingerprint density at radius 3 is 2.44 bits per heavy atom. The van der Waals surface area contributed by atoms with E-state index in [1.165, 1.54) is 10.7 Å². The minimum Gasteiger partial charge on any atom is -0.326 e. The van der Waals surface area contributed by atoms with Crippen molar-refractivity contribution < 1.29 is 9.59 Å².